The van der Waals surface area contributed by atoms with Crippen molar-refractivity contribution in [2.24, 2.45) is 5.92 Å². The van der Waals surface area contributed by atoms with Crippen LogP contribution in [0.1, 0.15) is 25.0 Å². The van der Waals surface area contributed by atoms with E-state index in [1.54, 1.807) is 0 Å². The van der Waals surface area contributed by atoms with Crippen LogP contribution >= 0.6 is 0 Å². The first-order valence-electron chi connectivity index (χ1n) is 5.37. The predicted molar refractivity (Wildman–Crippen MR) is 57.9 cm³/mol. The third kappa shape index (κ3) is 4.34. The summed E-state index contributed by atoms with van der Waals surface area (Å²) in [6.45, 7) is 5.01. The highest BCUT2D eigenvalue weighted by molar-refractivity contribution is 5.27. The Bertz CT molecular complexity index is 371. The van der Waals surface area contributed by atoms with E-state index in [2.05, 4.69) is 5.32 Å². The fraction of sp³-hybridized carbons (Fsp3) is 0.500. The second kappa shape index (κ2) is 5.49. The van der Waals surface area contributed by atoms with Crippen LogP contribution in [0.4, 0.5) is 17.6 Å². The van der Waals surface area contributed by atoms with E-state index in [1.165, 1.54) is 6.07 Å². The van der Waals surface area contributed by atoms with Gasteiger partial charge < -0.3 is 5.32 Å². The maximum Gasteiger partial charge on any atom is 0.419 e. The first kappa shape index (κ1) is 14.0. The average molecular weight is 249 g/mol. The number of nitrogens with one attached hydrogen (secondary N) is 1. The van der Waals surface area contributed by atoms with Crippen LogP contribution in [-0.4, -0.2) is 6.54 Å². The van der Waals surface area contributed by atoms with E-state index in [-0.39, 0.29) is 0 Å². The van der Waals surface area contributed by atoms with E-state index in [4.69, 9.17) is 0 Å². The molecule has 1 aromatic rings. The van der Waals surface area contributed by atoms with Crippen LogP contribution in [-0.2, 0) is 12.7 Å². The second-order valence-corrected chi connectivity index (χ2v) is 4.34. The third-order valence-corrected chi connectivity index (χ3v) is 2.22. The largest absolute Gasteiger partial charge is 0.419 e. The van der Waals surface area contributed by atoms with Gasteiger partial charge in [0.1, 0.15) is 5.82 Å². The number of hydrogen-bond acceptors (Lipinski definition) is 1. The number of halogens is 4. The molecule has 0 fully saturated rings. The summed E-state index contributed by atoms with van der Waals surface area (Å²) in [6, 6.07) is 3.07. The molecule has 0 aliphatic rings. The number of rotatable bonds is 4. The van der Waals surface area contributed by atoms with Crippen LogP contribution in [0.25, 0.3) is 0 Å². The van der Waals surface area contributed by atoms with Gasteiger partial charge in [0.25, 0.3) is 0 Å². The van der Waals surface area contributed by atoms with Gasteiger partial charge in [0.2, 0.25) is 0 Å². The third-order valence-electron chi connectivity index (χ3n) is 2.22. The van der Waals surface area contributed by atoms with Crippen LogP contribution in [0.2, 0.25) is 0 Å². The van der Waals surface area contributed by atoms with Gasteiger partial charge in [-0.15, -0.1) is 0 Å². The SMILES string of the molecule is CC(C)CNCc1ccc(F)c(C(F)(F)F)c1. The molecule has 0 amide bonds. The molecular weight excluding hydrogens is 234 g/mol. The first-order valence-corrected chi connectivity index (χ1v) is 5.37. The van der Waals surface area contributed by atoms with Crippen LogP contribution in [0.5, 0.6) is 0 Å². The Morgan fingerprint density at radius 2 is 1.88 bits per heavy atom. The number of benzene rings is 1. The van der Waals surface area contributed by atoms with Gasteiger partial charge in [0, 0.05) is 6.54 Å². The molecule has 96 valence electrons. The van der Waals surface area contributed by atoms with Crippen LogP contribution < -0.4 is 5.32 Å². The molecule has 1 rings (SSSR count). The second-order valence-electron chi connectivity index (χ2n) is 4.34. The normalized spacial score (nSPS) is 12.2. The minimum absolute atomic E-state index is 0.307. The van der Waals surface area contributed by atoms with Gasteiger partial charge in [-0.3, -0.25) is 0 Å². The summed E-state index contributed by atoms with van der Waals surface area (Å²) < 4.78 is 50.2. The molecule has 1 aromatic carbocycles. The lowest BCUT2D eigenvalue weighted by Crippen LogP contribution is -2.19. The van der Waals surface area contributed by atoms with Crippen molar-refractivity contribution in [3.8, 4) is 0 Å². The van der Waals surface area contributed by atoms with E-state index in [0.29, 0.717) is 24.6 Å². The molecule has 1 nitrogen and oxygen atoms in total. The van der Waals surface area contributed by atoms with E-state index in [1.807, 2.05) is 13.8 Å². The van der Waals surface area contributed by atoms with Gasteiger partial charge in [-0.1, -0.05) is 19.9 Å². The van der Waals surface area contributed by atoms with E-state index in [9.17, 15) is 17.6 Å². The van der Waals surface area contributed by atoms with Crippen molar-refractivity contribution in [3.05, 3.63) is 35.1 Å². The van der Waals surface area contributed by atoms with Crippen LogP contribution in [0.3, 0.4) is 0 Å². The zero-order valence-corrected chi connectivity index (χ0v) is 9.74. The van der Waals surface area contributed by atoms with E-state index in [0.717, 1.165) is 12.1 Å². The molecule has 0 saturated carbocycles. The molecule has 1 N–H and O–H groups in total. The maximum atomic E-state index is 13.0. The lowest BCUT2D eigenvalue weighted by atomic mass is 10.1. The summed E-state index contributed by atoms with van der Waals surface area (Å²) >= 11 is 0. The molecular formula is C12H15F4N. The minimum atomic E-state index is -4.64. The van der Waals surface area contributed by atoms with Crippen molar-refractivity contribution in [1.29, 1.82) is 0 Å². The Labute approximate surface area is 97.8 Å². The quantitative estimate of drug-likeness (QED) is 0.804. The lowest BCUT2D eigenvalue weighted by Gasteiger charge is -2.11. The molecule has 0 spiro atoms. The fourth-order valence-corrected chi connectivity index (χ4v) is 1.40. The molecule has 0 aromatic heterocycles. The van der Waals surface area contributed by atoms with Crippen molar-refractivity contribution < 1.29 is 17.6 Å². The maximum absolute atomic E-state index is 13.0. The van der Waals surface area contributed by atoms with Crippen LogP contribution in [0, 0.1) is 11.7 Å². The lowest BCUT2D eigenvalue weighted by molar-refractivity contribution is -0.140. The van der Waals surface area contributed by atoms with Crippen molar-refractivity contribution in [1.82, 2.24) is 5.32 Å². The molecule has 0 bridgehead atoms. The summed E-state index contributed by atoms with van der Waals surface area (Å²) in [5.74, 6) is -0.817. The number of hydrogen-bond donors (Lipinski definition) is 1. The molecule has 0 aliphatic carbocycles. The zero-order chi connectivity index (χ0) is 13.1. The van der Waals surface area contributed by atoms with Gasteiger partial charge in [-0.05, 0) is 30.2 Å². The monoisotopic (exact) mass is 249 g/mol. The minimum Gasteiger partial charge on any atom is -0.312 e. The Morgan fingerprint density at radius 3 is 2.41 bits per heavy atom. The van der Waals surface area contributed by atoms with Crippen molar-refractivity contribution in [2.75, 3.05) is 6.54 Å². The summed E-state index contributed by atoms with van der Waals surface area (Å²) in [6.07, 6.45) is -4.64. The Kier molecular flexibility index (Phi) is 4.51. The summed E-state index contributed by atoms with van der Waals surface area (Å²) in [4.78, 5) is 0. The summed E-state index contributed by atoms with van der Waals surface area (Å²) in [5.41, 5.74) is -0.777. The van der Waals surface area contributed by atoms with Gasteiger partial charge in [0.15, 0.2) is 0 Å². The highest BCUT2D eigenvalue weighted by atomic mass is 19.4. The molecule has 5 heteroatoms. The Balaban J connectivity index is 2.76. The molecule has 0 aliphatic heterocycles. The molecule has 17 heavy (non-hydrogen) atoms. The molecule has 0 unspecified atom stereocenters. The highest BCUT2D eigenvalue weighted by Gasteiger charge is 2.34. The van der Waals surface area contributed by atoms with E-state index < -0.39 is 17.6 Å². The molecule has 0 atom stereocenters. The standard InChI is InChI=1S/C12H15F4N/c1-8(2)6-17-7-9-3-4-11(13)10(5-9)12(14,15)16/h3-5,8,17H,6-7H2,1-2H3. The van der Waals surface area contributed by atoms with E-state index >= 15 is 0 Å². The van der Waals surface area contributed by atoms with Gasteiger partial charge in [-0.2, -0.15) is 13.2 Å². The van der Waals surface area contributed by atoms with Gasteiger partial charge in [-0.25, -0.2) is 4.39 Å². The summed E-state index contributed by atoms with van der Waals surface area (Å²) in [7, 11) is 0. The Morgan fingerprint density at radius 1 is 1.24 bits per heavy atom. The zero-order valence-electron chi connectivity index (χ0n) is 9.74. The average Bonchev–Trinajstić information content (AvgIpc) is 2.18. The predicted octanol–water partition coefficient (Wildman–Crippen LogP) is 3.59. The van der Waals surface area contributed by atoms with Crippen molar-refractivity contribution in [3.63, 3.8) is 0 Å². The highest BCUT2D eigenvalue weighted by Crippen LogP contribution is 2.31. The molecule has 0 saturated heterocycles. The van der Waals surface area contributed by atoms with Crippen LogP contribution in [0.15, 0.2) is 18.2 Å². The molecule has 0 radical (unpaired) electrons. The Hall–Kier alpha value is -1.10. The van der Waals surface area contributed by atoms with Crippen molar-refractivity contribution in [2.45, 2.75) is 26.6 Å². The molecule has 0 heterocycles. The van der Waals surface area contributed by atoms with Crippen molar-refractivity contribution >= 4 is 0 Å². The first-order chi connectivity index (χ1) is 7.80. The fourth-order valence-electron chi connectivity index (χ4n) is 1.40. The topological polar surface area (TPSA) is 12.0 Å². The van der Waals surface area contributed by atoms with Gasteiger partial charge in [0.05, 0.1) is 5.56 Å². The summed E-state index contributed by atoms with van der Waals surface area (Å²) in [5, 5.41) is 3.01. The number of alkyl halides is 3. The smallest absolute Gasteiger partial charge is 0.312 e. The van der Waals surface area contributed by atoms with Gasteiger partial charge >= 0.3 is 6.18 Å².